The number of rotatable bonds is 4. The molecular weight excluding hydrogens is 360 g/mol. The van der Waals surface area contributed by atoms with Crippen molar-refractivity contribution in [1.82, 2.24) is 9.80 Å². The Hall–Kier alpha value is -2.35. The topological polar surface area (TPSA) is 64.4 Å². The van der Waals surface area contributed by atoms with Gasteiger partial charge in [0.05, 0.1) is 46.0 Å². The summed E-state index contributed by atoms with van der Waals surface area (Å²) in [4.78, 5) is 17.2. The second-order valence-electron chi connectivity index (χ2n) is 7.38. The first kappa shape index (κ1) is 19.0. The van der Waals surface area contributed by atoms with Crippen molar-refractivity contribution in [1.29, 1.82) is 0 Å². The zero-order valence-corrected chi connectivity index (χ0v) is 16.1. The van der Waals surface area contributed by atoms with Gasteiger partial charge in [0, 0.05) is 37.3 Å². The Kier molecular flexibility index (Phi) is 5.66. The molecule has 0 bridgehead atoms. The second kappa shape index (κ2) is 8.34. The molecule has 2 saturated heterocycles. The fraction of sp³-hybridized carbons (Fsp3) is 0.476. The van der Waals surface area contributed by atoms with Crippen molar-refractivity contribution >= 4 is 5.91 Å². The molecule has 1 spiro atoms. The Morgan fingerprint density at radius 3 is 2.75 bits per heavy atom. The van der Waals surface area contributed by atoms with Crippen molar-refractivity contribution in [2.24, 2.45) is 0 Å². The highest BCUT2D eigenvalue weighted by Crippen LogP contribution is 2.25. The number of carbonyl (C=O) groups excluding carboxylic acids is 1. The molecule has 0 N–H and O–H groups in total. The van der Waals surface area contributed by atoms with Gasteiger partial charge in [-0.3, -0.25) is 9.69 Å². The minimum Gasteiger partial charge on any atom is -0.497 e. The van der Waals surface area contributed by atoms with E-state index in [1.54, 1.807) is 43.9 Å². The second-order valence-corrected chi connectivity index (χ2v) is 7.38. The number of benzene rings is 1. The number of carbonyl (C=O) groups is 1. The summed E-state index contributed by atoms with van der Waals surface area (Å²) in [5.74, 6) is 0.723. The van der Waals surface area contributed by atoms with Crippen molar-refractivity contribution in [3.05, 3.63) is 54.0 Å². The van der Waals surface area contributed by atoms with Crippen molar-refractivity contribution in [3.8, 4) is 5.75 Å². The van der Waals surface area contributed by atoms with Gasteiger partial charge in [-0.15, -0.1) is 0 Å². The van der Waals surface area contributed by atoms with Gasteiger partial charge in [-0.1, -0.05) is 0 Å². The van der Waals surface area contributed by atoms with Crippen LogP contribution < -0.4 is 4.74 Å². The highest BCUT2D eigenvalue weighted by atomic mass is 16.5. The van der Waals surface area contributed by atoms with Gasteiger partial charge in [0.15, 0.2) is 0 Å². The SMILES string of the molecule is COc1ccc(C(=O)N2CCOC[C@]3(CN(Cc4ccoc4)CCO3)C2)cc1. The van der Waals surface area contributed by atoms with E-state index in [-0.39, 0.29) is 5.91 Å². The fourth-order valence-electron chi connectivity index (χ4n) is 3.88. The lowest BCUT2D eigenvalue weighted by molar-refractivity contribution is -0.141. The summed E-state index contributed by atoms with van der Waals surface area (Å²) in [6.07, 6.45) is 3.46. The van der Waals surface area contributed by atoms with Gasteiger partial charge in [0.25, 0.3) is 5.91 Å². The van der Waals surface area contributed by atoms with E-state index < -0.39 is 5.60 Å². The van der Waals surface area contributed by atoms with Gasteiger partial charge in [-0.25, -0.2) is 0 Å². The quantitative estimate of drug-likeness (QED) is 0.801. The first-order valence-corrected chi connectivity index (χ1v) is 9.56. The molecule has 3 heterocycles. The molecule has 0 saturated carbocycles. The van der Waals surface area contributed by atoms with Gasteiger partial charge in [-0.05, 0) is 30.3 Å². The minimum absolute atomic E-state index is 0.0110. The van der Waals surface area contributed by atoms with Crippen LogP contribution in [-0.4, -0.2) is 74.4 Å². The van der Waals surface area contributed by atoms with Gasteiger partial charge in [0.2, 0.25) is 0 Å². The molecule has 4 rings (SSSR count). The van der Waals surface area contributed by atoms with E-state index in [2.05, 4.69) is 4.90 Å². The Balaban J connectivity index is 1.47. The van der Waals surface area contributed by atoms with Crippen LogP contribution >= 0.6 is 0 Å². The van der Waals surface area contributed by atoms with Crippen LogP contribution in [0.15, 0.2) is 47.3 Å². The number of amides is 1. The molecule has 28 heavy (non-hydrogen) atoms. The normalized spacial score (nSPS) is 23.5. The average Bonchev–Trinajstić information content (AvgIpc) is 3.15. The highest BCUT2D eigenvalue weighted by molar-refractivity contribution is 5.94. The Bertz CT molecular complexity index is 777. The number of hydrogen-bond donors (Lipinski definition) is 0. The molecule has 1 aromatic heterocycles. The zero-order valence-electron chi connectivity index (χ0n) is 16.1. The van der Waals surface area contributed by atoms with E-state index in [0.717, 1.165) is 24.4 Å². The standard InChI is InChI=1S/C21H26N2O5/c1-25-19-4-2-18(3-5-19)20(24)23-8-10-27-16-21(15-23)14-22(7-11-28-21)12-17-6-9-26-13-17/h2-6,9,13H,7-8,10-12,14-16H2,1H3/t21-/m0/s1. The lowest BCUT2D eigenvalue weighted by Gasteiger charge is -2.43. The van der Waals surface area contributed by atoms with Crippen LogP contribution in [0.25, 0.3) is 0 Å². The zero-order chi connectivity index (χ0) is 19.4. The van der Waals surface area contributed by atoms with E-state index in [9.17, 15) is 4.79 Å². The maximum Gasteiger partial charge on any atom is 0.254 e. The molecule has 1 aromatic carbocycles. The Morgan fingerprint density at radius 1 is 1.14 bits per heavy atom. The number of nitrogens with zero attached hydrogens (tertiary/aromatic N) is 2. The van der Waals surface area contributed by atoms with Crippen LogP contribution in [0.5, 0.6) is 5.75 Å². The number of morpholine rings is 1. The van der Waals surface area contributed by atoms with Gasteiger partial charge in [0.1, 0.15) is 11.4 Å². The predicted molar refractivity (Wildman–Crippen MR) is 102 cm³/mol. The highest BCUT2D eigenvalue weighted by Gasteiger charge is 2.41. The molecule has 7 heteroatoms. The average molecular weight is 386 g/mol. The first-order chi connectivity index (χ1) is 13.7. The summed E-state index contributed by atoms with van der Waals surface area (Å²) in [5, 5.41) is 0. The largest absolute Gasteiger partial charge is 0.497 e. The van der Waals surface area contributed by atoms with E-state index >= 15 is 0 Å². The summed E-state index contributed by atoms with van der Waals surface area (Å²) in [5.41, 5.74) is 1.27. The molecule has 1 amide bonds. The Morgan fingerprint density at radius 2 is 2.00 bits per heavy atom. The third-order valence-electron chi connectivity index (χ3n) is 5.29. The fourth-order valence-corrected chi connectivity index (χ4v) is 3.88. The first-order valence-electron chi connectivity index (χ1n) is 9.56. The monoisotopic (exact) mass is 386 g/mol. The molecule has 1 atom stereocenters. The van der Waals surface area contributed by atoms with Crippen LogP contribution in [0, 0.1) is 0 Å². The molecule has 0 unspecified atom stereocenters. The smallest absolute Gasteiger partial charge is 0.254 e. The third-order valence-corrected chi connectivity index (χ3v) is 5.29. The maximum absolute atomic E-state index is 13.1. The summed E-state index contributed by atoms with van der Waals surface area (Å²) in [6.45, 7) is 5.04. The van der Waals surface area contributed by atoms with Crippen molar-refractivity contribution in [2.75, 3.05) is 53.1 Å². The number of ether oxygens (including phenoxy) is 3. The number of furan rings is 1. The van der Waals surface area contributed by atoms with Crippen molar-refractivity contribution < 1.29 is 23.4 Å². The molecule has 150 valence electrons. The minimum atomic E-state index is -0.513. The maximum atomic E-state index is 13.1. The van der Waals surface area contributed by atoms with E-state index in [4.69, 9.17) is 18.6 Å². The molecule has 0 radical (unpaired) electrons. The van der Waals surface area contributed by atoms with E-state index in [1.807, 2.05) is 11.0 Å². The molecule has 2 aromatic rings. The van der Waals surface area contributed by atoms with Gasteiger partial charge in [-0.2, -0.15) is 0 Å². The summed E-state index contributed by atoms with van der Waals surface area (Å²) in [7, 11) is 1.61. The Labute approximate surface area is 164 Å². The molecule has 7 nitrogen and oxygen atoms in total. The molecule has 2 fully saturated rings. The molecule has 2 aliphatic heterocycles. The van der Waals surface area contributed by atoms with Gasteiger partial charge >= 0.3 is 0 Å². The molecule has 0 aliphatic carbocycles. The lowest BCUT2D eigenvalue weighted by atomic mass is 10.0. The summed E-state index contributed by atoms with van der Waals surface area (Å²) in [6, 6.07) is 9.19. The molecular formula is C21H26N2O5. The van der Waals surface area contributed by atoms with E-state index in [1.165, 1.54) is 0 Å². The van der Waals surface area contributed by atoms with Gasteiger partial charge < -0.3 is 23.5 Å². The lowest BCUT2D eigenvalue weighted by Crippen LogP contribution is -2.59. The number of methoxy groups -OCH3 is 1. The predicted octanol–water partition coefficient (Wildman–Crippen LogP) is 2.03. The van der Waals surface area contributed by atoms with Crippen molar-refractivity contribution in [2.45, 2.75) is 12.1 Å². The van der Waals surface area contributed by atoms with Crippen molar-refractivity contribution in [3.63, 3.8) is 0 Å². The van der Waals surface area contributed by atoms with Crippen LogP contribution in [0.4, 0.5) is 0 Å². The summed E-state index contributed by atoms with van der Waals surface area (Å²) >= 11 is 0. The summed E-state index contributed by atoms with van der Waals surface area (Å²) < 4.78 is 22.4. The molecule has 2 aliphatic rings. The third kappa shape index (κ3) is 4.22. The van der Waals surface area contributed by atoms with Crippen LogP contribution in [-0.2, 0) is 16.0 Å². The van der Waals surface area contributed by atoms with Crippen LogP contribution in [0.1, 0.15) is 15.9 Å². The van der Waals surface area contributed by atoms with Crippen LogP contribution in [0.3, 0.4) is 0 Å². The van der Waals surface area contributed by atoms with Crippen LogP contribution in [0.2, 0.25) is 0 Å². The van der Waals surface area contributed by atoms with E-state index in [0.29, 0.717) is 45.0 Å². The number of hydrogen-bond acceptors (Lipinski definition) is 6.